The first-order valence-electron chi connectivity index (χ1n) is 6.85. The summed E-state index contributed by atoms with van der Waals surface area (Å²) in [7, 11) is 0. The van der Waals surface area contributed by atoms with Gasteiger partial charge in [0.05, 0.1) is 20.1 Å². The molecule has 0 saturated carbocycles. The van der Waals surface area contributed by atoms with Crippen LogP contribution in [0.25, 0.3) is 0 Å². The Morgan fingerprint density at radius 1 is 0.696 bits per heavy atom. The fraction of sp³-hybridized carbons (Fsp3) is 0.176. The minimum atomic E-state index is 0.514. The third-order valence-electron chi connectivity index (χ3n) is 2.99. The number of halogens is 4. The highest BCUT2D eigenvalue weighted by Crippen LogP contribution is 2.34. The predicted molar refractivity (Wildman–Crippen MR) is 103 cm³/mol. The summed E-state index contributed by atoms with van der Waals surface area (Å²) >= 11 is 24.5. The highest BCUT2D eigenvalue weighted by atomic mass is 35.5. The minimum Gasteiger partial charge on any atom is -0.255 e. The third kappa shape index (κ3) is 4.95. The highest BCUT2D eigenvalue weighted by Gasteiger charge is 2.07. The molecule has 0 radical (unpaired) electrons. The topological polar surface area (TPSA) is 24.7 Å². The van der Waals surface area contributed by atoms with E-state index in [0.717, 1.165) is 11.4 Å². The lowest BCUT2D eigenvalue weighted by molar-refractivity contribution is 1.37. The van der Waals surface area contributed by atoms with Crippen molar-refractivity contribution < 1.29 is 0 Å². The van der Waals surface area contributed by atoms with Gasteiger partial charge in [-0.3, -0.25) is 9.98 Å². The second kappa shape index (κ2) is 8.16. The van der Waals surface area contributed by atoms with Crippen molar-refractivity contribution in [3.05, 3.63) is 56.5 Å². The summed E-state index contributed by atoms with van der Waals surface area (Å²) in [5.41, 5.74) is 2.81. The van der Waals surface area contributed by atoms with Gasteiger partial charge in [0.25, 0.3) is 0 Å². The zero-order valence-corrected chi connectivity index (χ0v) is 15.6. The van der Waals surface area contributed by atoms with E-state index in [0.29, 0.717) is 37.9 Å². The minimum absolute atomic E-state index is 0.514. The van der Waals surface area contributed by atoms with Crippen LogP contribution in [0.15, 0.2) is 46.4 Å². The maximum absolute atomic E-state index is 6.12. The van der Waals surface area contributed by atoms with Crippen molar-refractivity contribution in [3.63, 3.8) is 0 Å². The van der Waals surface area contributed by atoms with Crippen LogP contribution >= 0.6 is 46.4 Å². The van der Waals surface area contributed by atoms with E-state index in [1.165, 1.54) is 0 Å². The fourth-order valence-electron chi connectivity index (χ4n) is 2.02. The number of rotatable bonds is 4. The summed E-state index contributed by atoms with van der Waals surface area (Å²) in [6.07, 6.45) is 0.559. The van der Waals surface area contributed by atoms with Crippen molar-refractivity contribution in [2.24, 2.45) is 9.98 Å². The molecule has 0 aliphatic heterocycles. The zero-order valence-electron chi connectivity index (χ0n) is 12.6. The molecule has 0 bridgehead atoms. The lowest BCUT2D eigenvalue weighted by atomic mass is 10.2. The molecule has 23 heavy (non-hydrogen) atoms. The van der Waals surface area contributed by atoms with Crippen LogP contribution in [0.5, 0.6) is 0 Å². The van der Waals surface area contributed by atoms with Gasteiger partial charge >= 0.3 is 0 Å². The fourth-order valence-corrected chi connectivity index (χ4v) is 2.99. The predicted octanol–water partition coefficient (Wildman–Crippen LogP) is 7.58. The second-order valence-corrected chi connectivity index (χ2v) is 6.64. The molecule has 0 saturated heterocycles. The molecule has 6 heteroatoms. The molecule has 2 rings (SSSR count). The molecule has 0 atom stereocenters. The number of benzene rings is 2. The van der Waals surface area contributed by atoms with Gasteiger partial charge in [-0.2, -0.15) is 0 Å². The van der Waals surface area contributed by atoms with Crippen LogP contribution in [0.3, 0.4) is 0 Å². The molecule has 0 spiro atoms. The molecule has 0 unspecified atom stereocenters. The Hall–Kier alpha value is -1.06. The van der Waals surface area contributed by atoms with Gasteiger partial charge < -0.3 is 0 Å². The van der Waals surface area contributed by atoms with Gasteiger partial charge in [0.15, 0.2) is 0 Å². The summed E-state index contributed by atoms with van der Waals surface area (Å²) in [5, 5.41) is 2.06. The van der Waals surface area contributed by atoms with Crippen molar-refractivity contribution in [2.45, 2.75) is 20.3 Å². The van der Waals surface area contributed by atoms with Crippen molar-refractivity contribution in [1.29, 1.82) is 0 Å². The van der Waals surface area contributed by atoms with Crippen LogP contribution in [0.2, 0.25) is 20.1 Å². The second-order valence-electron chi connectivity index (χ2n) is 5.01. The van der Waals surface area contributed by atoms with Crippen LogP contribution in [0.1, 0.15) is 20.3 Å². The van der Waals surface area contributed by atoms with Crippen molar-refractivity contribution >= 4 is 69.2 Å². The number of para-hydroxylation sites is 2. The van der Waals surface area contributed by atoms with Gasteiger partial charge in [-0.1, -0.05) is 58.5 Å². The van der Waals surface area contributed by atoms with Crippen molar-refractivity contribution in [3.8, 4) is 0 Å². The van der Waals surface area contributed by atoms with E-state index in [-0.39, 0.29) is 0 Å². The molecule has 0 aliphatic carbocycles. The van der Waals surface area contributed by atoms with E-state index < -0.39 is 0 Å². The molecular weight excluding hydrogens is 374 g/mol. The van der Waals surface area contributed by atoms with E-state index in [9.17, 15) is 0 Å². The van der Waals surface area contributed by atoms with Crippen LogP contribution in [0.4, 0.5) is 11.4 Å². The van der Waals surface area contributed by atoms with Crippen molar-refractivity contribution in [1.82, 2.24) is 0 Å². The normalized spacial score (nSPS) is 12.6. The largest absolute Gasteiger partial charge is 0.255 e. The maximum Gasteiger partial charge on any atom is 0.100 e. The first-order valence-corrected chi connectivity index (χ1v) is 8.36. The molecular formula is C17H14Cl4N2. The zero-order chi connectivity index (χ0) is 17.0. The maximum atomic E-state index is 6.12. The van der Waals surface area contributed by atoms with Crippen molar-refractivity contribution in [2.75, 3.05) is 0 Å². The molecule has 0 amide bonds. The van der Waals surface area contributed by atoms with E-state index >= 15 is 0 Å². The monoisotopic (exact) mass is 386 g/mol. The van der Waals surface area contributed by atoms with E-state index in [1.807, 2.05) is 13.8 Å². The van der Waals surface area contributed by atoms with Gasteiger partial charge in [0.1, 0.15) is 11.4 Å². The quantitative estimate of drug-likeness (QED) is 0.483. The van der Waals surface area contributed by atoms with E-state index in [2.05, 4.69) is 9.98 Å². The highest BCUT2D eigenvalue weighted by molar-refractivity contribution is 6.39. The average Bonchev–Trinajstić information content (AvgIpc) is 2.47. The molecule has 0 heterocycles. The number of hydrogen-bond acceptors (Lipinski definition) is 2. The first-order chi connectivity index (χ1) is 10.9. The van der Waals surface area contributed by atoms with Crippen LogP contribution in [-0.2, 0) is 0 Å². The molecule has 2 aromatic rings. The smallest absolute Gasteiger partial charge is 0.100 e. The summed E-state index contributed by atoms with van der Waals surface area (Å²) < 4.78 is 0. The van der Waals surface area contributed by atoms with Crippen LogP contribution in [-0.4, -0.2) is 11.4 Å². The summed E-state index contributed by atoms with van der Waals surface area (Å²) in [6.45, 7) is 3.79. The van der Waals surface area contributed by atoms with Crippen LogP contribution in [0, 0.1) is 0 Å². The van der Waals surface area contributed by atoms with Gasteiger partial charge in [-0.05, 0) is 38.1 Å². The molecule has 0 aliphatic rings. The summed E-state index contributed by atoms with van der Waals surface area (Å²) in [5.74, 6) is 0. The van der Waals surface area contributed by atoms with Gasteiger partial charge in [0, 0.05) is 17.8 Å². The molecule has 0 N–H and O–H groups in total. The standard InChI is InChI=1S/C17H14Cl4N2/c1-10(22-16-12(18)5-3-6-13(16)19)9-11(2)23-17-14(20)7-4-8-15(17)21/h3-8H,9H2,1-2H3/b22-10+,23-11+. The lowest BCUT2D eigenvalue weighted by Gasteiger charge is -2.06. The Morgan fingerprint density at radius 2 is 1.00 bits per heavy atom. The summed E-state index contributed by atoms with van der Waals surface area (Å²) in [6, 6.07) is 10.6. The number of aliphatic imine (C=N–C) groups is 2. The lowest BCUT2D eigenvalue weighted by Crippen LogP contribution is -2.00. The third-order valence-corrected chi connectivity index (χ3v) is 4.21. The van der Waals surface area contributed by atoms with Gasteiger partial charge in [0.2, 0.25) is 0 Å². The average molecular weight is 388 g/mol. The van der Waals surface area contributed by atoms with E-state index in [1.54, 1.807) is 36.4 Å². The number of nitrogens with zero attached hydrogens (tertiary/aromatic N) is 2. The SMILES string of the molecule is C/C(C/C(C)=N/c1c(Cl)cccc1Cl)=N\c1c(Cl)cccc1Cl. The Morgan fingerprint density at radius 3 is 1.30 bits per heavy atom. The molecule has 0 aromatic heterocycles. The molecule has 0 fully saturated rings. The Balaban J connectivity index is 2.24. The number of hydrogen-bond donors (Lipinski definition) is 0. The van der Waals surface area contributed by atoms with Gasteiger partial charge in [-0.25, -0.2) is 0 Å². The molecule has 2 nitrogen and oxygen atoms in total. The Kier molecular flexibility index (Phi) is 6.49. The van der Waals surface area contributed by atoms with E-state index in [4.69, 9.17) is 46.4 Å². The van der Waals surface area contributed by atoms with Crippen LogP contribution < -0.4 is 0 Å². The molecule has 2 aromatic carbocycles. The van der Waals surface area contributed by atoms with Gasteiger partial charge in [-0.15, -0.1) is 0 Å². The first kappa shape index (κ1) is 18.3. The summed E-state index contributed by atoms with van der Waals surface area (Å²) in [4.78, 5) is 8.98. The molecule has 120 valence electrons. The Bertz CT molecular complexity index is 676. The Labute approximate surface area is 155 Å².